The molecule has 3 heterocycles. The predicted octanol–water partition coefficient (Wildman–Crippen LogP) is 7.26. The van der Waals surface area contributed by atoms with E-state index in [2.05, 4.69) is 44.5 Å². The van der Waals surface area contributed by atoms with Crippen LogP contribution in [0.25, 0.3) is 11.1 Å². The molecule has 2 saturated heterocycles. The van der Waals surface area contributed by atoms with Crippen LogP contribution in [0.2, 0.25) is 0 Å². The standard InChI is InChI=1S/C42H47N7O4/c1-47-20-22-49(23-21-47)33-16-18-48(19-17-33)34-14-15-37(40(25-34)52-3)45-42-43-27-36(41(46-42)44-32-12-8-5-9-13-32)35-24-31(28-50)38(26-39(35)51-2)53-29-30-10-6-4-7-11-30/h4-15,24-28,33H,16-23,29H2,1-3H3,(H2,43,44,45,46). The molecule has 0 radical (unpaired) electrons. The van der Waals surface area contributed by atoms with E-state index in [1.165, 1.54) is 0 Å². The molecule has 0 bridgehead atoms. The lowest BCUT2D eigenvalue weighted by atomic mass is 10.0. The fourth-order valence-electron chi connectivity index (χ4n) is 7.08. The number of piperidine rings is 1. The molecule has 53 heavy (non-hydrogen) atoms. The molecule has 0 spiro atoms. The highest BCUT2D eigenvalue weighted by Gasteiger charge is 2.27. The van der Waals surface area contributed by atoms with Crippen LogP contribution in [0.1, 0.15) is 28.8 Å². The molecule has 1 aromatic heterocycles. The first-order chi connectivity index (χ1) is 26.0. The van der Waals surface area contributed by atoms with E-state index in [1.807, 2.05) is 66.7 Å². The maximum Gasteiger partial charge on any atom is 0.229 e. The lowest BCUT2D eigenvalue weighted by Gasteiger charge is -2.42. The van der Waals surface area contributed by atoms with Gasteiger partial charge in [-0.05, 0) is 55.8 Å². The first kappa shape index (κ1) is 35.7. The number of aldehydes is 1. The Morgan fingerprint density at radius 1 is 0.774 bits per heavy atom. The lowest BCUT2D eigenvalue weighted by molar-refractivity contribution is 0.0982. The number of nitrogens with zero attached hydrogens (tertiary/aromatic N) is 5. The van der Waals surface area contributed by atoms with Crippen LogP contribution < -0.4 is 29.7 Å². The van der Waals surface area contributed by atoms with Gasteiger partial charge in [0.1, 0.15) is 29.7 Å². The number of carbonyl (C=O) groups excluding carboxylic acids is 1. The van der Waals surface area contributed by atoms with Crippen molar-refractivity contribution in [3.05, 3.63) is 108 Å². The van der Waals surface area contributed by atoms with E-state index in [9.17, 15) is 4.79 Å². The van der Waals surface area contributed by atoms with Crippen molar-refractivity contribution in [1.82, 2.24) is 19.8 Å². The smallest absolute Gasteiger partial charge is 0.229 e. The van der Waals surface area contributed by atoms with Gasteiger partial charge in [-0.15, -0.1) is 0 Å². The molecule has 0 saturated carbocycles. The fraction of sp³-hybridized carbons (Fsp3) is 0.310. The third kappa shape index (κ3) is 8.54. The van der Waals surface area contributed by atoms with Crippen LogP contribution in [-0.4, -0.2) is 92.6 Å². The van der Waals surface area contributed by atoms with Crippen molar-refractivity contribution in [2.45, 2.75) is 25.5 Å². The number of rotatable bonds is 13. The van der Waals surface area contributed by atoms with E-state index in [0.29, 0.717) is 58.4 Å². The van der Waals surface area contributed by atoms with Crippen molar-refractivity contribution in [2.24, 2.45) is 0 Å². The highest BCUT2D eigenvalue weighted by Crippen LogP contribution is 2.40. The van der Waals surface area contributed by atoms with Crippen LogP contribution >= 0.6 is 0 Å². The molecule has 2 aliphatic rings. The van der Waals surface area contributed by atoms with Gasteiger partial charge in [0.15, 0.2) is 6.29 Å². The van der Waals surface area contributed by atoms with E-state index in [4.69, 9.17) is 24.2 Å². The van der Waals surface area contributed by atoms with Crippen molar-refractivity contribution in [3.8, 4) is 28.4 Å². The summed E-state index contributed by atoms with van der Waals surface area (Å²) in [5.41, 5.74) is 5.41. The Morgan fingerprint density at radius 3 is 2.19 bits per heavy atom. The van der Waals surface area contributed by atoms with Crippen LogP contribution in [0.3, 0.4) is 0 Å². The van der Waals surface area contributed by atoms with Crippen molar-refractivity contribution >= 4 is 35.1 Å². The summed E-state index contributed by atoms with van der Waals surface area (Å²) < 4.78 is 17.8. The van der Waals surface area contributed by atoms with E-state index < -0.39 is 0 Å². The van der Waals surface area contributed by atoms with Gasteiger partial charge in [-0.2, -0.15) is 4.98 Å². The minimum atomic E-state index is 0.314. The number of piperazine rings is 1. The molecule has 0 atom stereocenters. The van der Waals surface area contributed by atoms with Crippen LogP contribution in [0.4, 0.5) is 28.8 Å². The summed E-state index contributed by atoms with van der Waals surface area (Å²) in [6.45, 7) is 6.96. The zero-order valence-corrected chi connectivity index (χ0v) is 30.6. The molecule has 0 aliphatic carbocycles. The molecule has 11 heteroatoms. The fourth-order valence-corrected chi connectivity index (χ4v) is 7.08. The number of benzene rings is 4. The molecule has 2 fully saturated rings. The van der Waals surface area contributed by atoms with Crippen LogP contribution in [0.15, 0.2) is 97.2 Å². The van der Waals surface area contributed by atoms with Gasteiger partial charge in [0, 0.05) is 86.1 Å². The van der Waals surface area contributed by atoms with E-state index in [-0.39, 0.29) is 0 Å². The lowest BCUT2D eigenvalue weighted by Crippen LogP contribution is -2.52. The zero-order valence-electron chi connectivity index (χ0n) is 30.6. The third-order valence-electron chi connectivity index (χ3n) is 10.1. The first-order valence-corrected chi connectivity index (χ1v) is 18.2. The summed E-state index contributed by atoms with van der Waals surface area (Å²) in [6.07, 6.45) is 4.83. The monoisotopic (exact) mass is 713 g/mol. The highest BCUT2D eigenvalue weighted by molar-refractivity contribution is 5.89. The van der Waals surface area contributed by atoms with Gasteiger partial charge in [-0.3, -0.25) is 9.69 Å². The van der Waals surface area contributed by atoms with E-state index in [1.54, 1.807) is 32.5 Å². The van der Waals surface area contributed by atoms with Crippen LogP contribution in [-0.2, 0) is 6.61 Å². The molecule has 4 aromatic carbocycles. The number of ether oxygens (including phenoxy) is 3. The number of nitrogens with one attached hydrogen (secondary N) is 2. The van der Waals surface area contributed by atoms with Crippen LogP contribution in [0.5, 0.6) is 17.2 Å². The Kier molecular flexibility index (Phi) is 11.3. The van der Waals surface area contributed by atoms with Gasteiger partial charge in [-0.1, -0.05) is 48.5 Å². The van der Waals surface area contributed by atoms with E-state index in [0.717, 1.165) is 81.0 Å². The maximum absolute atomic E-state index is 12.3. The first-order valence-electron chi connectivity index (χ1n) is 18.2. The van der Waals surface area contributed by atoms with Crippen molar-refractivity contribution in [2.75, 3.05) is 76.1 Å². The Labute approximate surface area is 311 Å². The normalized spacial score (nSPS) is 15.5. The van der Waals surface area contributed by atoms with Gasteiger partial charge in [-0.25, -0.2) is 4.98 Å². The third-order valence-corrected chi connectivity index (χ3v) is 10.1. The molecule has 11 nitrogen and oxygen atoms in total. The number of carbonyl (C=O) groups is 1. The minimum absolute atomic E-state index is 0.314. The Morgan fingerprint density at radius 2 is 1.49 bits per heavy atom. The number of methoxy groups -OCH3 is 2. The molecular formula is C42H47N7O4. The number of likely N-dealkylation sites (N-methyl/N-ethyl adjacent to an activating group) is 1. The molecule has 0 amide bonds. The topological polar surface area (TPSA) is 104 Å². The van der Waals surface area contributed by atoms with E-state index >= 15 is 0 Å². The van der Waals surface area contributed by atoms with Gasteiger partial charge in [0.25, 0.3) is 0 Å². The maximum atomic E-state index is 12.3. The highest BCUT2D eigenvalue weighted by atomic mass is 16.5. The Balaban J connectivity index is 1.13. The molecule has 2 N–H and O–H groups in total. The number of hydrogen-bond donors (Lipinski definition) is 2. The van der Waals surface area contributed by atoms with Gasteiger partial charge >= 0.3 is 0 Å². The van der Waals surface area contributed by atoms with Crippen molar-refractivity contribution < 1.29 is 19.0 Å². The van der Waals surface area contributed by atoms with Crippen molar-refractivity contribution in [3.63, 3.8) is 0 Å². The number of aromatic nitrogens is 2. The zero-order chi connectivity index (χ0) is 36.6. The summed E-state index contributed by atoms with van der Waals surface area (Å²) in [4.78, 5) is 29.5. The van der Waals surface area contributed by atoms with Gasteiger partial charge in [0.05, 0.1) is 25.5 Å². The minimum Gasteiger partial charge on any atom is -0.496 e. The van der Waals surface area contributed by atoms with Crippen molar-refractivity contribution in [1.29, 1.82) is 0 Å². The summed E-state index contributed by atoms with van der Waals surface area (Å²) in [6, 6.07) is 30.0. The molecular weight excluding hydrogens is 667 g/mol. The average Bonchev–Trinajstić information content (AvgIpc) is 3.21. The number of hydrogen-bond acceptors (Lipinski definition) is 11. The number of anilines is 5. The summed E-state index contributed by atoms with van der Waals surface area (Å²) in [5.74, 6) is 2.56. The van der Waals surface area contributed by atoms with Gasteiger partial charge < -0.3 is 34.6 Å². The second kappa shape index (κ2) is 16.8. The molecule has 274 valence electrons. The average molecular weight is 714 g/mol. The summed E-state index contributed by atoms with van der Waals surface area (Å²) >= 11 is 0. The van der Waals surface area contributed by atoms with Crippen LogP contribution in [0, 0.1) is 0 Å². The second-order valence-electron chi connectivity index (χ2n) is 13.5. The number of para-hydroxylation sites is 1. The molecule has 5 aromatic rings. The summed E-state index contributed by atoms with van der Waals surface area (Å²) in [5, 5.41) is 6.83. The Bertz CT molecular complexity index is 1980. The Hall–Kier alpha value is -5.65. The predicted molar refractivity (Wildman–Crippen MR) is 210 cm³/mol. The molecule has 7 rings (SSSR count). The van der Waals surface area contributed by atoms with Gasteiger partial charge in [0.2, 0.25) is 5.95 Å². The largest absolute Gasteiger partial charge is 0.496 e. The molecule has 0 unspecified atom stereocenters. The SMILES string of the molecule is COc1cc(N2CCC(N3CCN(C)CC3)CC2)ccc1Nc1ncc(-c2cc(C=O)c(OCc3ccccc3)cc2OC)c(Nc2ccccc2)n1. The quantitative estimate of drug-likeness (QED) is 0.121. The summed E-state index contributed by atoms with van der Waals surface area (Å²) in [7, 11) is 5.48. The molecule has 2 aliphatic heterocycles. The second-order valence-corrected chi connectivity index (χ2v) is 13.5.